The van der Waals surface area contributed by atoms with Crippen LogP contribution in [-0.4, -0.2) is 24.3 Å². The zero-order valence-corrected chi connectivity index (χ0v) is 8.51. The Morgan fingerprint density at radius 1 is 1.42 bits per heavy atom. The van der Waals surface area contributed by atoms with Crippen molar-refractivity contribution in [3.05, 3.63) is 0 Å². The van der Waals surface area contributed by atoms with Crippen molar-refractivity contribution < 1.29 is 0 Å². The summed E-state index contributed by atoms with van der Waals surface area (Å²) >= 11 is 0. The fourth-order valence-electron chi connectivity index (χ4n) is 1.51. The van der Waals surface area contributed by atoms with Gasteiger partial charge >= 0.3 is 0 Å². The fourth-order valence-corrected chi connectivity index (χ4v) is 1.51. The van der Waals surface area contributed by atoms with Crippen LogP contribution >= 0.6 is 0 Å². The summed E-state index contributed by atoms with van der Waals surface area (Å²) in [6.07, 6.45) is 5.09. The Hall–Kier alpha value is -0.530. The Balaban J connectivity index is 2.38. The van der Waals surface area contributed by atoms with Gasteiger partial charge in [-0.3, -0.25) is 0 Å². The Labute approximate surface area is 75.6 Å². The fraction of sp³-hybridized carbons (Fsp3) is 0.900. The van der Waals surface area contributed by atoms with Crippen LogP contribution in [0, 0.1) is 5.92 Å². The lowest BCUT2D eigenvalue weighted by Crippen LogP contribution is -2.17. The van der Waals surface area contributed by atoms with Gasteiger partial charge in [0.05, 0.1) is 0 Å². The maximum absolute atomic E-state index is 4.54. The SMILES string of the molecule is CCN(C)N=C1CCC(C)CC1. The average Bonchev–Trinajstić information content (AvgIpc) is 2.09. The van der Waals surface area contributed by atoms with Gasteiger partial charge in [-0.15, -0.1) is 0 Å². The van der Waals surface area contributed by atoms with E-state index in [2.05, 4.69) is 18.9 Å². The van der Waals surface area contributed by atoms with Gasteiger partial charge in [-0.25, -0.2) is 0 Å². The molecule has 1 rings (SSSR count). The Bertz CT molecular complexity index is 153. The van der Waals surface area contributed by atoms with Gasteiger partial charge in [-0.1, -0.05) is 6.92 Å². The van der Waals surface area contributed by atoms with E-state index in [0.717, 1.165) is 12.5 Å². The van der Waals surface area contributed by atoms with Crippen LogP contribution in [0.15, 0.2) is 5.10 Å². The van der Waals surface area contributed by atoms with Crippen molar-refractivity contribution in [1.29, 1.82) is 0 Å². The van der Waals surface area contributed by atoms with Crippen molar-refractivity contribution in [2.75, 3.05) is 13.6 Å². The van der Waals surface area contributed by atoms with Crippen LogP contribution in [0.1, 0.15) is 39.5 Å². The van der Waals surface area contributed by atoms with Crippen molar-refractivity contribution in [2.45, 2.75) is 39.5 Å². The molecule has 2 nitrogen and oxygen atoms in total. The zero-order valence-electron chi connectivity index (χ0n) is 8.51. The first-order chi connectivity index (χ1) is 5.72. The van der Waals surface area contributed by atoms with Crippen LogP contribution in [0.4, 0.5) is 0 Å². The van der Waals surface area contributed by atoms with Crippen LogP contribution in [0.25, 0.3) is 0 Å². The minimum Gasteiger partial charge on any atom is -0.300 e. The van der Waals surface area contributed by atoms with Gasteiger partial charge in [0.1, 0.15) is 0 Å². The summed E-state index contributed by atoms with van der Waals surface area (Å²) in [6.45, 7) is 5.48. The summed E-state index contributed by atoms with van der Waals surface area (Å²) in [5.74, 6) is 0.913. The molecular formula is C10H20N2. The minimum absolute atomic E-state index is 0.913. The molecule has 1 aliphatic rings. The van der Waals surface area contributed by atoms with Crippen molar-refractivity contribution in [3.8, 4) is 0 Å². The third kappa shape index (κ3) is 2.84. The molecule has 0 amide bonds. The highest BCUT2D eigenvalue weighted by Gasteiger charge is 2.13. The van der Waals surface area contributed by atoms with Crippen molar-refractivity contribution in [2.24, 2.45) is 11.0 Å². The highest BCUT2D eigenvalue weighted by molar-refractivity contribution is 5.84. The van der Waals surface area contributed by atoms with E-state index >= 15 is 0 Å². The summed E-state index contributed by atoms with van der Waals surface area (Å²) in [5, 5.41) is 6.57. The molecule has 0 saturated heterocycles. The largest absolute Gasteiger partial charge is 0.300 e. The van der Waals surface area contributed by atoms with Gasteiger partial charge in [0, 0.05) is 19.3 Å². The van der Waals surface area contributed by atoms with E-state index in [1.807, 2.05) is 12.1 Å². The highest BCUT2D eigenvalue weighted by atomic mass is 15.4. The molecule has 12 heavy (non-hydrogen) atoms. The molecule has 0 spiro atoms. The molecule has 1 saturated carbocycles. The predicted molar refractivity (Wildman–Crippen MR) is 53.4 cm³/mol. The third-order valence-electron chi connectivity index (χ3n) is 2.62. The zero-order chi connectivity index (χ0) is 8.97. The first-order valence-corrected chi connectivity index (χ1v) is 5.00. The molecule has 2 heteroatoms. The number of nitrogens with zero attached hydrogens (tertiary/aromatic N) is 2. The molecule has 0 N–H and O–H groups in total. The van der Waals surface area contributed by atoms with Gasteiger partial charge in [0.2, 0.25) is 0 Å². The molecule has 0 bridgehead atoms. The molecule has 0 aromatic rings. The van der Waals surface area contributed by atoms with E-state index in [4.69, 9.17) is 0 Å². The molecule has 0 aromatic heterocycles. The van der Waals surface area contributed by atoms with Crippen molar-refractivity contribution >= 4 is 5.71 Å². The molecule has 0 radical (unpaired) electrons. The lowest BCUT2D eigenvalue weighted by atomic mass is 9.89. The number of hydrazone groups is 1. The van der Waals surface area contributed by atoms with Gasteiger partial charge in [-0.05, 0) is 38.5 Å². The lowest BCUT2D eigenvalue weighted by molar-refractivity contribution is 0.367. The molecule has 1 fully saturated rings. The summed E-state index contributed by atoms with van der Waals surface area (Å²) in [4.78, 5) is 0. The van der Waals surface area contributed by atoms with Gasteiger partial charge in [0.15, 0.2) is 0 Å². The quantitative estimate of drug-likeness (QED) is 0.578. The maximum Gasteiger partial charge on any atom is 0.0380 e. The van der Waals surface area contributed by atoms with E-state index < -0.39 is 0 Å². The Kier molecular flexibility index (Phi) is 3.57. The minimum atomic E-state index is 0.913. The molecule has 0 heterocycles. The van der Waals surface area contributed by atoms with E-state index in [1.54, 1.807) is 0 Å². The van der Waals surface area contributed by atoms with Crippen LogP contribution < -0.4 is 0 Å². The van der Waals surface area contributed by atoms with Crippen molar-refractivity contribution in [3.63, 3.8) is 0 Å². The molecular weight excluding hydrogens is 148 g/mol. The van der Waals surface area contributed by atoms with Crippen LogP contribution in [0.2, 0.25) is 0 Å². The van der Waals surface area contributed by atoms with E-state index in [1.165, 1.54) is 31.4 Å². The van der Waals surface area contributed by atoms with E-state index in [0.29, 0.717) is 0 Å². The summed E-state index contributed by atoms with van der Waals surface area (Å²) < 4.78 is 0. The van der Waals surface area contributed by atoms with Crippen LogP contribution in [0.5, 0.6) is 0 Å². The molecule has 0 unspecified atom stereocenters. The summed E-state index contributed by atoms with van der Waals surface area (Å²) in [7, 11) is 2.05. The molecule has 0 aromatic carbocycles. The first-order valence-electron chi connectivity index (χ1n) is 5.00. The molecule has 1 aliphatic carbocycles. The van der Waals surface area contributed by atoms with Gasteiger partial charge < -0.3 is 5.01 Å². The van der Waals surface area contributed by atoms with E-state index in [-0.39, 0.29) is 0 Å². The molecule has 70 valence electrons. The second-order valence-electron chi connectivity index (χ2n) is 3.82. The number of hydrogen-bond donors (Lipinski definition) is 0. The molecule has 0 aliphatic heterocycles. The second-order valence-corrected chi connectivity index (χ2v) is 3.82. The lowest BCUT2D eigenvalue weighted by Gasteiger charge is -2.21. The summed E-state index contributed by atoms with van der Waals surface area (Å²) in [5.41, 5.74) is 1.40. The standard InChI is InChI=1S/C10H20N2/c1-4-12(3)11-10-7-5-9(2)6-8-10/h9H,4-8H2,1-3H3. The summed E-state index contributed by atoms with van der Waals surface area (Å²) in [6, 6.07) is 0. The monoisotopic (exact) mass is 168 g/mol. The Morgan fingerprint density at radius 3 is 2.50 bits per heavy atom. The predicted octanol–water partition coefficient (Wildman–Crippen LogP) is 2.50. The van der Waals surface area contributed by atoms with Gasteiger partial charge in [-0.2, -0.15) is 5.10 Å². The smallest absolute Gasteiger partial charge is 0.0380 e. The van der Waals surface area contributed by atoms with E-state index in [9.17, 15) is 0 Å². The number of hydrogen-bond acceptors (Lipinski definition) is 2. The maximum atomic E-state index is 4.54. The average molecular weight is 168 g/mol. The Morgan fingerprint density at radius 2 is 2.00 bits per heavy atom. The second kappa shape index (κ2) is 4.48. The topological polar surface area (TPSA) is 15.6 Å². The first kappa shape index (κ1) is 9.56. The van der Waals surface area contributed by atoms with Crippen molar-refractivity contribution in [1.82, 2.24) is 5.01 Å². The normalized spacial score (nSPS) is 23.9. The highest BCUT2D eigenvalue weighted by Crippen LogP contribution is 2.21. The van der Waals surface area contributed by atoms with Crippen LogP contribution in [-0.2, 0) is 0 Å². The van der Waals surface area contributed by atoms with Gasteiger partial charge in [0.25, 0.3) is 0 Å². The third-order valence-corrected chi connectivity index (χ3v) is 2.62. The molecule has 0 atom stereocenters. The number of rotatable bonds is 2. The van der Waals surface area contributed by atoms with Crippen LogP contribution in [0.3, 0.4) is 0 Å².